The van der Waals surface area contributed by atoms with Crippen LogP contribution in [0.4, 0.5) is 0 Å². The van der Waals surface area contributed by atoms with Gasteiger partial charge in [-0.1, -0.05) is 0 Å². The number of aliphatic hydroxyl groups excluding tert-OH is 1. The molecule has 5 rings (SSSR count). The van der Waals surface area contributed by atoms with Crippen LogP contribution >= 0.6 is 0 Å². The number of H-pyrrole nitrogens is 1. The number of ether oxygens (including phenoxy) is 3. The van der Waals surface area contributed by atoms with Crippen LogP contribution in [0, 0.1) is 0 Å². The maximum Gasteiger partial charge on any atom is 0.253 e. The lowest BCUT2D eigenvalue weighted by atomic mass is 10.1. The van der Waals surface area contributed by atoms with Crippen LogP contribution in [0.1, 0.15) is 17.3 Å². The fourth-order valence-electron chi connectivity index (χ4n) is 4.62. The predicted octanol–water partition coefficient (Wildman–Crippen LogP) is 3.58. The minimum atomic E-state index is -0.161. The molecule has 1 saturated heterocycles. The number of aromatic amines is 1. The molecule has 1 amide bonds. The zero-order valence-electron chi connectivity index (χ0n) is 22.2. The average Bonchev–Trinajstić information content (AvgIpc) is 3.38. The lowest BCUT2D eigenvalue weighted by Gasteiger charge is -2.34. The Morgan fingerprint density at radius 3 is 2.54 bits per heavy atom. The molecule has 3 heterocycles. The third kappa shape index (κ3) is 6.54. The van der Waals surface area contributed by atoms with Crippen LogP contribution in [-0.2, 0) is 4.74 Å². The molecule has 39 heavy (non-hydrogen) atoms. The maximum atomic E-state index is 13.0. The molecule has 1 atom stereocenters. The first-order valence-corrected chi connectivity index (χ1v) is 13.0. The van der Waals surface area contributed by atoms with Crippen LogP contribution in [0.5, 0.6) is 17.2 Å². The van der Waals surface area contributed by atoms with Crippen molar-refractivity contribution in [3.8, 4) is 28.6 Å². The number of fused-ring (bicyclic) bond motifs is 1. The van der Waals surface area contributed by atoms with Crippen molar-refractivity contribution in [2.75, 3.05) is 53.0 Å². The minimum Gasteiger partial charge on any atom is -0.488 e. The summed E-state index contributed by atoms with van der Waals surface area (Å²) in [5.74, 6) is 2.43. The Bertz CT molecular complexity index is 1370. The number of nitrogens with one attached hydrogen (secondary N) is 1. The number of methoxy groups -OCH3 is 1. The summed E-state index contributed by atoms with van der Waals surface area (Å²) in [7, 11) is 1.64. The van der Waals surface area contributed by atoms with Crippen LogP contribution in [0.25, 0.3) is 22.6 Å². The van der Waals surface area contributed by atoms with Gasteiger partial charge in [-0.3, -0.25) is 9.69 Å². The lowest BCUT2D eigenvalue weighted by Crippen LogP contribution is -2.49. The summed E-state index contributed by atoms with van der Waals surface area (Å²) < 4.78 is 17.5. The number of nitrogens with zero attached hydrogens (tertiary/aromatic N) is 4. The van der Waals surface area contributed by atoms with Gasteiger partial charge in [0.05, 0.1) is 13.2 Å². The van der Waals surface area contributed by atoms with Crippen LogP contribution < -0.4 is 9.47 Å². The summed E-state index contributed by atoms with van der Waals surface area (Å²) in [4.78, 5) is 29.3. The fraction of sp³-hybridized carbons (Fsp3) is 0.345. The van der Waals surface area contributed by atoms with Gasteiger partial charge in [-0.25, -0.2) is 9.97 Å². The van der Waals surface area contributed by atoms with Gasteiger partial charge >= 0.3 is 0 Å². The maximum absolute atomic E-state index is 13.0. The summed E-state index contributed by atoms with van der Waals surface area (Å²) in [6, 6.07) is 16.5. The van der Waals surface area contributed by atoms with Crippen molar-refractivity contribution in [1.82, 2.24) is 24.8 Å². The predicted molar refractivity (Wildman–Crippen MR) is 147 cm³/mol. The number of β-amino-alcohol motifs (C(OH)–C–C–N with tert-alkyl or cyclic N) is 1. The first-order chi connectivity index (χ1) is 19.0. The van der Waals surface area contributed by atoms with Gasteiger partial charge in [-0.2, -0.15) is 0 Å². The van der Waals surface area contributed by atoms with Crippen molar-refractivity contribution in [3.63, 3.8) is 0 Å². The summed E-state index contributed by atoms with van der Waals surface area (Å²) in [5.41, 5.74) is 2.87. The van der Waals surface area contributed by atoms with Crippen molar-refractivity contribution >= 4 is 17.1 Å². The smallest absolute Gasteiger partial charge is 0.253 e. The molecule has 10 nitrogen and oxygen atoms in total. The number of aliphatic hydroxyl groups is 1. The molecule has 0 radical (unpaired) electrons. The molecule has 1 aliphatic rings. The van der Waals surface area contributed by atoms with E-state index in [1.807, 2.05) is 42.2 Å². The molecule has 4 aromatic rings. The van der Waals surface area contributed by atoms with E-state index in [-0.39, 0.29) is 18.6 Å². The van der Waals surface area contributed by atoms with Gasteiger partial charge in [-0.15, -0.1) is 0 Å². The summed E-state index contributed by atoms with van der Waals surface area (Å²) in [6.07, 6.45) is 1.56. The first kappa shape index (κ1) is 26.6. The van der Waals surface area contributed by atoms with Crippen molar-refractivity contribution in [3.05, 3.63) is 66.4 Å². The second kappa shape index (κ2) is 12.2. The van der Waals surface area contributed by atoms with Gasteiger partial charge in [0.1, 0.15) is 34.7 Å². The molecule has 2 N–H and O–H groups in total. The van der Waals surface area contributed by atoms with Crippen LogP contribution in [0.2, 0.25) is 0 Å². The number of pyridine rings is 1. The topological polar surface area (TPSA) is 113 Å². The molecular formula is C29H33N5O5. The number of carbonyl (C=O) groups is 1. The van der Waals surface area contributed by atoms with Crippen LogP contribution in [0.3, 0.4) is 0 Å². The number of rotatable bonds is 10. The molecular weight excluding hydrogens is 498 g/mol. The molecule has 1 aliphatic heterocycles. The Kier molecular flexibility index (Phi) is 8.36. The molecule has 1 fully saturated rings. The molecule has 0 spiro atoms. The highest BCUT2D eigenvalue weighted by molar-refractivity contribution is 5.94. The number of hydrogen-bond acceptors (Lipinski definition) is 8. The molecule has 2 aromatic heterocycles. The largest absolute Gasteiger partial charge is 0.488 e. The lowest BCUT2D eigenvalue weighted by molar-refractivity contribution is 0.0615. The highest BCUT2D eigenvalue weighted by Crippen LogP contribution is 2.33. The highest BCUT2D eigenvalue weighted by Gasteiger charge is 2.22. The van der Waals surface area contributed by atoms with E-state index in [9.17, 15) is 4.79 Å². The van der Waals surface area contributed by atoms with Gasteiger partial charge in [0.25, 0.3) is 5.91 Å². The Morgan fingerprint density at radius 2 is 1.82 bits per heavy atom. The number of imidazole rings is 1. The Hall–Kier alpha value is -3.99. The third-order valence-corrected chi connectivity index (χ3v) is 6.56. The second-order valence-electron chi connectivity index (χ2n) is 9.52. The van der Waals surface area contributed by atoms with E-state index in [0.717, 1.165) is 24.2 Å². The quantitative estimate of drug-likeness (QED) is 0.319. The van der Waals surface area contributed by atoms with Gasteiger partial charge in [0, 0.05) is 63.2 Å². The van der Waals surface area contributed by atoms with E-state index < -0.39 is 0 Å². The number of amides is 1. The van der Waals surface area contributed by atoms with E-state index >= 15 is 0 Å². The normalized spacial score (nSPS) is 14.9. The van der Waals surface area contributed by atoms with Crippen molar-refractivity contribution in [2.45, 2.75) is 13.0 Å². The van der Waals surface area contributed by atoms with Gasteiger partial charge in [0.2, 0.25) is 0 Å². The number of piperazine rings is 1. The molecule has 0 unspecified atom stereocenters. The zero-order valence-corrected chi connectivity index (χ0v) is 22.2. The van der Waals surface area contributed by atoms with Crippen molar-refractivity contribution in [2.24, 2.45) is 0 Å². The van der Waals surface area contributed by atoms with Crippen LogP contribution in [0.15, 0.2) is 60.8 Å². The number of carbonyl (C=O) groups excluding carboxylic acids is 1. The summed E-state index contributed by atoms with van der Waals surface area (Å²) in [6.45, 7) is 5.97. The van der Waals surface area contributed by atoms with Crippen molar-refractivity contribution in [1.29, 1.82) is 0 Å². The Labute approximate surface area is 227 Å². The van der Waals surface area contributed by atoms with E-state index in [1.165, 1.54) is 0 Å². The fourth-order valence-corrected chi connectivity index (χ4v) is 4.62. The minimum absolute atomic E-state index is 0.00601. The number of hydrogen-bond donors (Lipinski definition) is 2. The Morgan fingerprint density at radius 1 is 1.05 bits per heavy atom. The summed E-state index contributed by atoms with van der Waals surface area (Å²) in [5, 5.41) is 9.13. The summed E-state index contributed by atoms with van der Waals surface area (Å²) >= 11 is 0. The number of benzene rings is 2. The van der Waals surface area contributed by atoms with E-state index in [2.05, 4.69) is 19.9 Å². The molecule has 2 aromatic carbocycles. The van der Waals surface area contributed by atoms with Gasteiger partial charge in [-0.05, 0) is 55.5 Å². The average molecular weight is 532 g/mol. The molecule has 204 valence electrons. The third-order valence-electron chi connectivity index (χ3n) is 6.56. The molecule has 0 bridgehead atoms. The van der Waals surface area contributed by atoms with Crippen molar-refractivity contribution < 1.29 is 24.1 Å². The molecule has 0 aliphatic carbocycles. The standard InChI is InChI=1S/C29H33N5O5/c1-20(19-37-2)38-24-16-22(27-31-26-4-3-9-30-28(26)32-27)17-25(18-24)39-23-7-5-21(6-8-23)29(36)34-12-10-33(11-13-34)14-15-35/h3-9,16-18,20,35H,10-15,19H2,1-2H3,(H,30,31,32)/t20-/m0/s1. The van der Waals surface area contributed by atoms with E-state index in [4.69, 9.17) is 19.3 Å². The number of aromatic nitrogens is 3. The zero-order chi connectivity index (χ0) is 27.2. The van der Waals surface area contributed by atoms with E-state index in [1.54, 1.807) is 37.6 Å². The first-order valence-electron chi connectivity index (χ1n) is 13.0. The highest BCUT2D eigenvalue weighted by atomic mass is 16.5. The van der Waals surface area contributed by atoms with E-state index in [0.29, 0.717) is 60.5 Å². The van der Waals surface area contributed by atoms with Crippen LogP contribution in [-0.4, -0.2) is 94.9 Å². The molecule has 10 heteroatoms. The molecule has 0 saturated carbocycles. The SMILES string of the molecule is COC[C@H](C)Oc1cc(Oc2ccc(C(=O)N3CCN(CCO)CC3)cc2)cc(-c2nc3cccnc3[nH]2)c1. The Balaban J connectivity index is 1.34. The second-order valence-corrected chi connectivity index (χ2v) is 9.52. The van der Waals surface area contributed by atoms with Gasteiger partial charge in [0.15, 0.2) is 5.65 Å². The monoisotopic (exact) mass is 531 g/mol. The van der Waals surface area contributed by atoms with Gasteiger partial charge < -0.3 is 29.2 Å².